The number of pyridine rings is 1. The number of benzene rings is 1. The summed E-state index contributed by atoms with van der Waals surface area (Å²) in [6.45, 7) is 5.92. The molecule has 0 saturated carbocycles. The van der Waals surface area contributed by atoms with Crippen LogP contribution in [-0.2, 0) is 4.79 Å². The lowest BCUT2D eigenvalue weighted by molar-refractivity contribution is -0.119. The minimum absolute atomic E-state index is 0.0299. The van der Waals surface area contributed by atoms with E-state index in [0.29, 0.717) is 52.8 Å². The summed E-state index contributed by atoms with van der Waals surface area (Å²) in [5.74, 6) is 1.98. The second kappa shape index (κ2) is 8.03. The van der Waals surface area contributed by atoms with Crippen molar-refractivity contribution in [3.05, 3.63) is 35.9 Å². The van der Waals surface area contributed by atoms with Crippen molar-refractivity contribution in [2.24, 2.45) is 0 Å². The van der Waals surface area contributed by atoms with E-state index in [9.17, 15) is 10.1 Å². The Labute approximate surface area is 173 Å². The summed E-state index contributed by atoms with van der Waals surface area (Å²) in [4.78, 5) is 20.2. The third-order valence-corrected chi connectivity index (χ3v) is 4.79. The van der Waals surface area contributed by atoms with Crippen molar-refractivity contribution in [3.8, 4) is 29.2 Å². The molecule has 1 atom stereocenters. The second-order valence-corrected chi connectivity index (χ2v) is 7.54. The van der Waals surface area contributed by atoms with Gasteiger partial charge >= 0.3 is 0 Å². The minimum atomic E-state index is -0.0989. The number of nitrogens with zero attached hydrogens (tertiary/aromatic N) is 3. The van der Waals surface area contributed by atoms with Crippen LogP contribution in [0.25, 0.3) is 22.2 Å². The van der Waals surface area contributed by atoms with Crippen molar-refractivity contribution < 1.29 is 18.7 Å². The Bertz CT molecular complexity index is 1150. The molecule has 3 heterocycles. The Kier molecular flexibility index (Phi) is 5.27. The zero-order chi connectivity index (χ0) is 21.3. The van der Waals surface area contributed by atoms with E-state index in [2.05, 4.69) is 21.4 Å². The maximum atomic E-state index is 11.5. The molecule has 1 saturated heterocycles. The molecule has 1 fully saturated rings. The molecule has 0 spiro atoms. The van der Waals surface area contributed by atoms with Crippen molar-refractivity contribution >= 4 is 16.7 Å². The lowest BCUT2D eigenvalue weighted by Gasteiger charge is -2.16. The quantitative estimate of drug-likeness (QED) is 0.667. The van der Waals surface area contributed by atoms with Crippen LogP contribution in [0.2, 0.25) is 0 Å². The van der Waals surface area contributed by atoms with Crippen molar-refractivity contribution in [2.75, 3.05) is 6.61 Å². The van der Waals surface area contributed by atoms with Gasteiger partial charge in [-0.3, -0.25) is 4.79 Å². The Balaban J connectivity index is 1.80. The fourth-order valence-electron chi connectivity index (χ4n) is 3.43. The van der Waals surface area contributed by atoms with Crippen LogP contribution in [0.4, 0.5) is 0 Å². The van der Waals surface area contributed by atoms with Crippen molar-refractivity contribution in [3.63, 3.8) is 0 Å². The standard InChI is InChI=1S/C22H22N4O4/c1-12(2)29-19-7-17-16(6-14(19)8-23)18(22-24-9-13(3)30-22)10-25-21(17)28-11-15-4-5-20(27)26-15/h6-7,9-10,12,15H,4-5,11H2,1-3H3,(H,26,27). The number of fused-ring (bicyclic) bond motifs is 1. The molecule has 0 aliphatic carbocycles. The zero-order valence-electron chi connectivity index (χ0n) is 17.1. The summed E-state index contributed by atoms with van der Waals surface area (Å²) in [7, 11) is 0. The van der Waals surface area contributed by atoms with E-state index in [1.54, 1.807) is 24.5 Å². The first-order chi connectivity index (χ1) is 14.4. The fraction of sp³-hybridized carbons (Fsp3) is 0.364. The van der Waals surface area contributed by atoms with E-state index in [1.165, 1.54) is 0 Å². The average molecular weight is 406 g/mol. The summed E-state index contributed by atoms with van der Waals surface area (Å²) in [6, 6.07) is 5.66. The first-order valence-electron chi connectivity index (χ1n) is 9.83. The van der Waals surface area contributed by atoms with Crippen LogP contribution < -0.4 is 14.8 Å². The Hall–Kier alpha value is -3.60. The summed E-state index contributed by atoms with van der Waals surface area (Å²) >= 11 is 0. The molecular weight excluding hydrogens is 384 g/mol. The van der Waals surface area contributed by atoms with E-state index < -0.39 is 0 Å². The largest absolute Gasteiger partial charge is 0.490 e. The molecular formula is C22H22N4O4. The number of ether oxygens (including phenoxy) is 2. The molecule has 154 valence electrons. The third kappa shape index (κ3) is 3.92. The highest BCUT2D eigenvalue weighted by Crippen LogP contribution is 2.37. The van der Waals surface area contributed by atoms with E-state index in [1.807, 2.05) is 20.8 Å². The number of nitrogens with one attached hydrogen (secondary N) is 1. The highest BCUT2D eigenvalue weighted by atomic mass is 16.5. The number of aryl methyl sites for hydroxylation is 1. The smallest absolute Gasteiger partial charge is 0.228 e. The van der Waals surface area contributed by atoms with Crippen LogP contribution in [0, 0.1) is 18.3 Å². The molecule has 30 heavy (non-hydrogen) atoms. The van der Waals surface area contributed by atoms with Crippen LogP contribution >= 0.6 is 0 Å². The van der Waals surface area contributed by atoms with Gasteiger partial charge in [0.15, 0.2) is 0 Å². The van der Waals surface area contributed by atoms with Gasteiger partial charge in [0.05, 0.1) is 29.5 Å². The van der Waals surface area contributed by atoms with Gasteiger partial charge in [-0.1, -0.05) is 0 Å². The first-order valence-corrected chi connectivity index (χ1v) is 9.83. The van der Waals surface area contributed by atoms with E-state index in [-0.39, 0.29) is 18.1 Å². The van der Waals surface area contributed by atoms with Gasteiger partial charge in [0.2, 0.25) is 17.7 Å². The lowest BCUT2D eigenvalue weighted by Crippen LogP contribution is -2.31. The van der Waals surface area contributed by atoms with Gasteiger partial charge in [0.25, 0.3) is 0 Å². The number of aromatic nitrogens is 2. The normalized spacial score (nSPS) is 16.0. The van der Waals surface area contributed by atoms with E-state index in [4.69, 9.17) is 13.9 Å². The summed E-state index contributed by atoms with van der Waals surface area (Å²) in [5, 5.41) is 13.9. The molecule has 8 nitrogen and oxygen atoms in total. The van der Waals surface area contributed by atoms with Crippen molar-refractivity contribution in [1.82, 2.24) is 15.3 Å². The molecule has 1 aromatic carbocycles. The molecule has 8 heteroatoms. The SMILES string of the molecule is Cc1cnc(-c2cnc(OCC3CCC(=O)N3)c3cc(OC(C)C)c(C#N)cc23)o1. The van der Waals surface area contributed by atoms with Crippen LogP contribution in [0.5, 0.6) is 11.6 Å². The predicted molar refractivity (Wildman–Crippen MR) is 109 cm³/mol. The highest BCUT2D eigenvalue weighted by molar-refractivity contribution is 5.99. The van der Waals surface area contributed by atoms with Gasteiger partial charge in [-0.25, -0.2) is 9.97 Å². The number of nitriles is 1. The summed E-state index contributed by atoms with van der Waals surface area (Å²) in [5.41, 5.74) is 1.06. The molecule has 4 rings (SSSR count). The number of amides is 1. The van der Waals surface area contributed by atoms with Gasteiger partial charge in [0, 0.05) is 23.4 Å². The van der Waals surface area contributed by atoms with Gasteiger partial charge in [-0.15, -0.1) is 0 Å². The van der Waals surface area contributed by atoms with Crippen molar-refractivity contribution in [1.29, 1.82) is 5.26 Å². The Morgan fingerprint density at radius 3 is 2.77 bits per heavy atom. The molecule has 1 N–H and O–H groups in total. The number of rotatable bonds is 6. The molecule has 1 unspecified atom stereocenters. The number of carbonyl (C=O) groups excluding carboxylic acids is 1. The number of oxazole rings is 1. The average Bonchev–Trinajstić information content (AvgIpc) is 3.33. The van der Waals surface area contributed by atoms with Gasteiger partial charge in [-0.05, 0) is 39.3 Å². The topological polar surface area (TPSA) is 110 Å². The monoisotopic (exact) mass is 406 g/mol. The van der Waals surface area contributed by atoms with Gasteiger partial charge in [-0.2, -0.15) is 5.26 Å². The maximum absolute atomic E-state index is 11.5. The summed E-state index contributed by atoms with van der Waals surface area (Å²) in [6.07, 6.45) is 4.39. The highest BCUT2D eigenvalue weighted by Gasteiger charge is 2.23. The zero-order valence-corrected chi connectivity index (χ0v) is 17.1. The number of hydrogen-bond donors (Lipinski definition) is 1. The molecule has 3 aromatic rings. The van der Waals surface area contributed by atoms with Gasteiger partial charge in [0.1, 0.15) is 24.2 Å². The molecule has 1 amide bonds. The Morgan fingerprint density at radius 2 is 2.13 bits per heavy atom. The second-order valence-electron chi connectivity index (χ2n) is 7.54. The molecule has 0 radical (unpaired) electrons. The van der Waals surface area contributed by atoms with Crippen molar-refractivity contribution in [2.45, 2.75) is 45.8 Å². The first kappa shape index (κ1) is 19.7. The van der Waals surface area contributed by atoms with E-state index in [0.717, 1.165) is 11.8 Å². The molecule has 2 aromatic heterocycles. The minimum Gasteiger partial charge on any atom is -0.490 e. The Morgan fingerprint density at radius 1 is 1.30 bits per heavy atom. The summed E-state index contributed by atoms with van der Waals surface area (Å²) < 4.78 is 17.5. The molecule has 0 bridgehead atoms. The van der Waals surface area contributed by atoms with E-state index >= 15 is 0 Å². The number of hydrogen-bond acceptors (Lipinski definition) is 7. The predicted octanol–water partition coefficient (Wildman–Crippen LogP) is 3.51. The lowest BCUT2D eigenvalue weighted by atomic mass is 10.0. The number of carbonyl (C=O) groups is 1. The molecule has 1 aliphatic heterocycles. The maximum Gasteiger partial charge on any atom is 0.228 e. The van der Waals surface area contributed by atoms with Crippen LogP contribution in [0.3, 0.4) is 0 Å². The molecule has 1 aliphatic rings. The fourth-order valence-corrected chi connectivity index (χ4v) is 3.43. The van der Waals surface area contributed by atoms with Crippen LogP contribution in [-0.4, -0.2) is 34.6 Å². The van der Waals surface area contributed by atoms with Crippen LogP contribution in [0.15, 0.2) is 28.9 Å². The van der Waals surface area contributed by atoms with Gasteiger partial charge < -0.3 is 19.2 Å². The third-order valence-electron chi connectivity index (χ3n) is 4.79. The van der Waals surface area contributed by atoms with Crippen LogP contribution in [0.1, 0.15) is 38.0 Å².